The quantitative estimate of drug-likeness (QED) is 0.396. The normalized spacial score (nSPS) is 9.45. The van der Waals surface area contributed by atoms with E-state index in [2.05, 4.69) is 0 Å². The first-order valence-electron chi connectivity index (χ1n) is 2.75. The summed E-state index contributed by atoms with van der Waals surface area (Å²) in [6.07, 6.45) is -0.0430. The van der Waals surface area contributed by atoms with Crippen molar-refractivity contribution < 1.29 is 17.5 Å². The first-order valence-corrected chi connectivity index (χ1v) is 4.71. The topological polar surface area (TPSA) is 61.1 Å². The summed E-state index contributed by atoms with van der Waals surface area (Å²) in [6.45, 7) is 0. The number of carbonyl (C=O) groups is 1. The van der Waals surface area contributed by atoms with E-state index >= 15 is 0 Å². The second-order valence-corrected chi connectivity index (χ2v) is 3.28. The van der Waals surface area contributed by atoms with Gasteiger partial charge in [-0.2, -0.15) is 0 Å². The van der Waals surface area contributed by atoms with Gasteiger partial charge in [0.1, 0.15) is 0 Å². The van der Waals surface area contributed by atoms with Crippen LogP contribution in [0.1, 0.15) is 0 Å². The zero-order valence-corrected chi connectivity index (χ0v) is 7.52. The van der Waals surface area contributed by atoms with Gasteiger partial charge in [-0.3, -0.25) is 3.07 Å². The number of aromatic nitrogens is 1. The molecule has 0 amide bonds. The Morgan fingerprint density at radius 3 is 2.73 bits per heavy atom. The molecule has 11 heavy (non-hydrogen) atoms. The molecule has 0 aliphatic rings. The van der Waals surface area contributed by atoms with Crippen LogP contribution in [0.25, 0.3) is 0 Å². The predicted molar refractivity (Wildman–Crippen MR) is 40.8 cm³/mol. The predicted octanol–water partition coefficient (Wildman–Crippen LogP) is -0.349. The van der Waals surface area contributed by atoms with E-state index in [1.54, 1.807) is 12.1 Å². The van der Waals surface area contributed by atoms with Crippen LogP contribution in [0.15, 0.2) is 24.4 Å². The summed E-state index contributed by atoms with van der Waals surface area (Å²) in [4.78, 5) is 10.3. The standard InChI is InChI=1S/C6H4INO3/c9-6(10)8-4-2-1-3-5(8)7-11/h1-4H. The maximum atomic E-state index is 10.5. The number of hydrogen-bond acceptors (Lipinski definition) is 3. The van der Waals surface area contributed by atoms with Crippen LogP contribution in [0.4, 0.5) is 4.79 Å². The van der Waals surface area contributed by atoms with Gasteiger partial charge in [0.2, 0.25) is 0 Å². The number of rotatable bonds is 1. The van der Waals surface area contributed by atoms with Crippen LogP contribution in [0.5, 0.6) is 0 Å². The molecule has 0 radical (unpaired) electrons. The molecule has 0 atom stereocenters. The number of halogens is 1. The third kappa shape index (κ3) is 1.79. The second-order valence-electron chi connectivity index (χ2n) is 1.74. The number of carboxylic acid groups (broad SMARTS) is 1. The van der Waals surface area contributed by atoms with E-state index in [1.807, 2.05) is 0 Å². The molecule has 0 aliphatic heterocycles. The third-order valence-corrected chi connectivity index (χ3v) is 2.42. The summed E-state index contributed by atoms with van der Waals surface area (Å²) >= 11 is -1.45. The molecule has 4 nitrogen and oxygen atoms in total. The fraction of sp³-hybridized carbons (Fsp3) is 0. The largest absolute Gasteiger partial charge is 0.490 e. The van der Waals surface area contributed by atoms with Gasteiger partial charge in [0, 0.05) is 12.1 Å². The van der Waals surface area contributed by atoms with E-state index in [-0.39, 0.29) is 0 Å². The minimum absolute atomic E-state index is 0.298. The molecule has 58 valence electrons. The van der Waals surface area contributed by atoms with Gasteiger partial charge in [0.15, 0.2) is 6.20 Å². The molecule has 0 N–H and O–H groups in total. The summed E-state index contributed by atoms with van der Waals surface area (Å²) in [5, 5.41) is 10.3. The van der Waals surface area contributed by atoms with Crippen molar-refractivity contribution in [3.63, 3.8) is 0 Å². The van der Waals surface area contributed by atoms with Gasteiger partial charge in [-0.15, -0.1) is 4.57 Å². The first kappa shape index (κ1) is 8.25. The summed E-state index contributed by atoms with van der Waals surface area (Å²) in [5.74, 6) is 0. The highest BCUT2D eigenvalue weighted by Gasteiger charge is 2.09. The zero-order valence-electron chi connectivity index (χ0n) is 5.36. The highest BCUT2D eigenvalue weighted by Crippen LogP contribution is 2.01. The Bertz CT molecular complexity index is 300. The molecule has 0 spiro atoms. The fourth-order valence-corrected chi connectivity index (χ4v) is 1.56. The van der Waals surface area contributed by atoms with Crippen LogP contribution in [0.2, 0.25) is 0 Å². The van der Waals surface area contributed by atoms with Crippen LogP contribution in [0.3, 0.4) is 0 Å². The van der Waals surface area contributed by atoms with Crippen LogP contribution >= 0.6 is 21.2 Å². The van der Waals surface area contributed by atoms with E-state index in [0.29, 0.717) is 3.70 Å². The Labute approximate surface area is 73.1 Å². The monoisotopic (exact) mass is 265 g/mol. The first-order chi connectivity index (χ1) is 5.25. The number of nitrogens with zero attached hydrogens (tertiary/aromatic N) is 1. The lowest BCUT2D eigenvalue weighted by molar-refractivity contribution is -0.642. The number of hydrogen-bond donors (Lipinski definition) is 0. The molecule has 0 bridgehead atoms. The molecule has 0 aliphatic carbocycles. The Morgan fingerprint density at radius 2 is 2.27 bits per heavy atom. The van der Waals surface area contributed by atoms with Crippen molar-refractivity contribution >= 4 is 27.3 Å². The van der Waals surface area contributed by atoms with Gasteiger partial charge in [-0.25, -0.2) is 0 Å². The van der Waals surface area contributed by atoms with Gasteiger partial charge in [-0.1, -0.05) is 0 Å². The summed E-state index contributed by atoms with van der Waals surface area (Å²) in [6, 6.07) is 4.67. The van der Waals surface area contributed by atoms with Gasteiger partial charge in [0.25, 0.3) is 24.9 Å². The molecule has 0 fully saturated rings. The second kappa shape index (κ2) is 3.51. The molecule has 1 aromatic rings. The van der Waals surface area contributed by atoms with Crippen molar-refractivity contribution in [2.75, 3.05) is 0 Å². The molecule has 0 saturated carbocycles. The maximum absolute atomic E-state index is 10.5. The zero-order chi connectivity index (χ0) is 8.27. The van der Waals surface area contributed by atoms with Crippen molar-refractivity contribution in [3.05, 3.63) is 28.1 Å². The number of pyridine rings is 1. The molecular formula is C6H4INO3. The lowest BCUT2D eigenvalue weighted by Crippen LogP contribution is -2.53. The van der Waals surface area contributed by atoms with Gasteiger partial charge in [0.05, 0.1) is 0 Å². The highest BCUT2D eigenvalue weighted by atomic mass is 127. The fourth-order valence-electron chi connectivity index (χ4n) is 0.633. The summed E-state index contributed by atoms with van der Waals surface area (Å²) in [7, 11) is 0. The smallest absolute Gasteiger partial charge is 0.344 e. The molecule has 1 heterocycles. The van der Waals surface area contributed by atoms with Crippen LogP contribution in [0, 0.1) is 3.70 Å². The average Bonchev–Trinajstić information content (AvgIpc) is 2.04. The molecule has 0 saturated heterocycles. The van der Waals surface area contributed by atoms with E-state index in [0.717, 1.165) is 4.57 Å². The molecule has 0 unspecified atom stereocenters. The van der Waals surface area contributed by atoms with E-state index in [4.69, 9.17) is 0 Å². The molecule has 0 aromatic carbocycles. The lowest BCUT2D eigenvalue weighted by atomic mass is 10.5. The number of carbonyl (C=O) groups excluding carboxylic acids is 1. The van der Waals surface area contributed by atoms with Crippen molar-refractivity contribution in [3.8, 4) is 0 Å². The van der Waals surface area contributed by atoms with E-state index in [9.17, 15) is 13.0 Å². The van der Waals surface area contributed by atoms with Crippen molar-refractivity contribution in [2.24, 2.45) is 0 Å². The Morgan fingerprint density at radius 1 is 1.55 bits per heavy atom. The minimum Gasteiger partial charge on any atom is -0.490 e. The van der Waals surface area contributed by atoms with Crippen molar-refractivity contribution in [2.45, 2.75) is 0 Å². The molecule has 5 heteroatoms. The maximum Gasteiger partial charge on any atom is 0.344 e. The Kier molecular flexibility index (Phi) is 2.64. The van der Waals surface area contributed by atoms with Crippen molar-refractivity contribution in [1.82, 2.24) is 0 Å². The van der Waals surface area contributed by atoms with Crippen LogP contribution < -0.4 is 9.67 Å². The Hall–Kier alpha value is -0.850. The van der Waals surface area contributed by atoms with Crippen molar-refractivity contribution in [1.29, 1.82) is 0 Å². The molecule has 1 rings (SSSR count). The summed E-state index contributed by atoms with van der Waals surface area (Å²) < 4.78 is 11.6. The van der Waals surface area contributed by atoms with Gasteiger partial charge < -0.3 is 9.90 Å². The van der Waals surface area contributed by atoms with E-state index in [1.165, 1.54) is 12.3 Å². The van der Waals surface area contributed by atoms with Gasteiger partial charge >= 0.3 is 6.09 Å². The van der Waals surface area contributed by atoms with Crippen LogP contribution in [-0.4, -0.2) is 6.09 Å². The molecule has 1 aromatic heterocycles. The highest BCUT2D eigenvalue weighted by molar-refractivity contribution is 14.1. The third-order valence-electron chi connectivity index (χ3n) is 1.09. The Balaban J connectivity index is 3.22. The average molecular weight is 265 g/mol. The van der Waals surface area contributed by atoms with E-state index < -0.39 is 27.3 Å². The SMILES string of the molecule is O=Ic1cccc[n+]1C(=O)[O-]. The molecular weight excluding hydrogens is 261 g/mol. The van der Waals surface area contributed by atoms with Crippen LogP contribution in [-0.2, 0) is 3.07 Å². The lowest BCUT2D eigenvalue weighted by Gasteiger charge is -1.94. The summed E-state index contributed by atoms with van der Waals surface area (Å²) in [5.41, 5.74) is 0. The minimum atomic E-state index is -1.45. The van der Waals surface area contributed by atoms with Gasteiger partial charge in [-0.05, 0) is 6.07 Å².